The molecule has 0 saturated carbocycles. The van der Waals surface area contributed by atoms with Gasteiger partial charge in [0.2, 0.25) is 5.91 Å². The van der Waals surface area contributed by atoms with Gasteiger partial charge in [-0.1, -0.05) is 47.2 Å². The highest BCUT2D eigenvalue weighted by Gasteiger charge is 2.30. The first-order chi connectivity index (χ1) is 13.5. The number of halogens is 1. The number of hydrogen-bond acceptors (Lipinski definition) is 6. The SMILES string of the molecule is COc1ccc([C@@H]2CC(=O)Nc3nc(N)sc32)cc1OCc1ccccc1Cl. The second-order valence-electron chi connectivity index (χ2n) is 6.36. The second-order valence-corrected chi connectivity index (χ2v) is 7.83. The van der Waals surface area contributed by atoms with Crippen molar-refractivity contribution in [2.75, 3.05) is 18.2 Å². The normalized spacial score (nSPS) is 15.6. The largest absolute Gasteiger partial charge is 0.493 e. The Bertz CT molecular complexity index is 1040. The van der Waals surface area contributed by atoms with Gasteiger partial charge < -0.3 is 20.5 Å². The van der Waals surface area contributed by atoms with Crippen LogP contribution in [0.3, 0.4) is 0 Å². The van der Waals surface area contributed by atoms with Crippen LogP contribution in [0.5, 0.6) is 11.5 Å². The van der Waals surface area contributed by atoms with Gasteiger partial charge in [0.05, 0.1) is 12.0 Å². The van der Waals surface area contributed by atoms with Crippen molar-refractivity contribution in [3.05, 3.63) is 63.5 Å². The van der Waals surface area contributed by atoms with Crippen LogP contribution in [0.15, 0.2) is 42.5 Å². The highest BCUT2D eigenvalue weighted by molar-refractivity contribution is 7.16. The summed E-state index contributed by atoms with van der Waals surface area (Å²) in [6.07, 6.45) is 0.324. The summed E-state index contributed by atoms with van der Waals surface area (Å²) in [7, 11) is 1.59. The van der Waals surface area contributed by atoms with Crippen molar-refractivity contribution in [3.8, 4) is 11.5 Å². The third kappa shape index (κ3) is 3.63. The Kier molecular flexibility index (Phi) is 5.11. The second kappa shape index (κ2) is 7.69. The van der Waals surface area contributed by atoms with E-state index in [2.05, 4.69) is 10.3 Å². The van der Waals surface area contributed by atoms with Crippen molar-refractivity contribution < 1.29 is 14.3 Å². The molecule has 3 aromatic rings. The zero-order valence-electron chi connectivity index (χ0n) is 15.1. The van der Waals surface area contributed by atoms with Crippen LogP contribution in [-0.4, -0.2) is 18.0 Å². The minimum Gasteiger partial charge on any atom is -0.493 e. The van der Waals surface area contributed by atoms with Gasteiger partial charge in [-0.3, -0.25) is 4.79 Å². The van der Waals surface area contributed by atoms with Crippen molar-refractivity contribution in [3.63, 3.8) is 0 Å². The Morgan fingerprint density at radius 3 is 2.89 bits per heavy atom. The van der Waals surface area contributed by atoms with Gasteiger partial charge in [0, 0.05) is 22.9 Å². The van der Waals surface area contributed by atoms with Gasteiger partial charge in [-0.2, -0.15) is 0 Å². The Morgan fingerprint density at radius 2 is 2.11 bits per heavy atom. The first kappa shape index (κ1) is 18.6. The van der Waals surface area contributed by atoms with Crippen LogP contribution in [0, 0.1) is 0 Å². The van der Waals surface area contributed by atoms with E-state index in [-0.39, 0.29) is 11.8 Å². The lowest BCUT2D eigenvalue weighted by Gasteiger charge is -2.22. The highest BCUT2D eigenvalue weighted by Crippen LogP contribution is 2.43. The monoisotopic (exact) mass is 415 g/mol. The van der Waals surface area contributed by atoms with Crippen LogP contribution in [-0.2, 0) is 11.4 Å². The molecule has 8 heteroatoms. The predicted molar refractivity (Wildman–Crippen MR) is 110 cm³/mol. The number of nitrogens with one attached hydrogen (secondary N) is 1. The van der Waals surface area contributed by atoms with E-state index in [4.69, 9.17) is 26.8 Å². The zero-order valence-corrected chi connectivity index (χ0v) is 16.6. The summed E-state index contributed by atoms with van der Waals surface area (Å²) in [5.74, 6) is 1.52. The number of rotatable bonds is 5. The minimum absolute atomic E-state index is 0.0860. The van der Waals surface area contributed by atoms with E-state index in [0.717, 1.165) is 16.0 Å². The number of benzene rings is 2. The van der Waals surface area contributed by atoms with E-state index in [9.17, 15) is 4.79 Å². The molecule has 6 nitrogen and oxygen atoms in total. The number of anilines is 2. The van der Waals surface area contributed by atoms with Gasteiger partial charge in [0.25, 0.3) is 0 Å². The molecule has 0 aliphatic carbocycles. The number of methoxy groups -OCH3 is 1. The van der Waals surface area contributed by atoms with Gasteiger partial charge in [-0.05, 0) is 23.8 Å². The summed E-state index contributed by atoms with van der Waals surface area (Å²) in [6, 6.07) is 13.2. The van der Waals surface area contributed by atoms with Crippen LogP contribution in [0.1, 0.15) is 28.3 Å². The number of ether oxygens (including phenoxy) is 2. The number of thiazole rings is 1. The number of carbonyl (C=O) groups is 1. The van der Waals surface area contributed by atoms with Crippen molar-refractivity contribution >= 4 is 39.8 Å². The summed E-state index contributed by atoms with van der Waals surface area (Å²) < 4.78 is 11.4. The van der Waals surface area contributed by atoms with Crippen molar-refractivity contribution in [1.29, 1.82) is 0 Å². The van der Waals surface area contributed by atoms with Crippen molar-refractivity contribution in [2.24, 2.45) is 0 Å². The fraction of sp³-hybridized carbons (Fsp3) is 0.200. The van der Waals surface area contributed by atoms with Crippen molar-refractivity contribution in [2.45, 2.75) is 18.9 Å². The molecule has 28 heavy (non-hydrogen) atoms. The lowest BCUT2D eigenvalue weighted by Crippen LogP contribution is -2.22. The molecule has 0 fully saturated rings. The highest BCUT2D eigenvalue weighted by atomic mass is 35.5. The van der Waals surface area contributed by atoms with Crippen molar-refractivity contribution in [1.82, 2.24) is 4.98 Å². The quantitative estimate of drug-likeness (QED) is 0.643. The minimum atomic E-state index is -0.132. The lowest BCUT2D eigenvalue weighted by atomic mass is 9.91. The van der Waals surface area contributed by atoms with E-state index in [0.29, 0.717) is 40.5 Å². The van der Waals surface area contributed by atoms with Gasteiger partial charge in [-0.15, -0.1) is 0 Å². The molecule has 1 amide bonds. The number of carbonyl (C=O) groups excluding carboxylic acids is 1. The summed E-state index contributed by atoms with van der Waals surface area (Å²) >= 11 is 7.60. The maximum Gasteiger partial charge on any atom is 0.226 e. The van der Waals surface area contributed by atoms with Gasteiger partial charge in [-0.25, -0.2) is 4.98 Å². The van der Waals surface area contributed by atoms with E-state index in [1.54, 1.807) is 7.11 Å². The number of aromatic nitrogens is 1. The standard InChI is InChI=1S/C20H18ClN3O3S/c1-26-15-7-6-11(8-16(15)27-10-12-4-2-3-5-14(12)21)13-9-17(25)23-19-18(13)28-20(22)24-19/h2-8,13H,9-10H2,1H3,(H2,22,24)(H,23,25)/t13-/m0/s1. The Morgan fingerprint density at radius 1 is 1.29 bits per heavy atom. The van der Waals surface area contributed by atoms with Crippen LogP contribution in [0.2, 0.25) is 5.02 Å². The summed E-state index contributed by atoms with van der Waals surface area (Å²) in [4.78, 5) is 17.3. The van der Waals surface area contributed by atoms with E-state index in [1.807, 2.05) is 42.5 Å². The molecule has 1 aromatic heterocycles. The first-order valence-electron chi connectivity index (χ1n) is 8.65. The number of nitrogen functional groups attached to an aromatic ring is 1. The molecular weight excluding hydrogens is 398 g/mol. The smallest absolute Gasteiger partial charge is 0.226 e. The first-order valence-corrected chi connectivity index (χ1v) is 9.84. The van der Waals surface area contributed by atoms with E-state index >= 15 is 0 Å². The van der Waals surface area contributed by atoms with Gasteiger partial charge >= 0.3 is 0 Å². The molecule has 3 N–H and O–H groups in total. The topological polar surface area (TPSA) is 86.5 Å². The molecule has 1 aliphatic heterocycles. The Hall–Kier alpha value is -2.77. The molecule has 0 saturated heterocycles. The average molecular weight is 416 g/mol. The van der Waals surface area contributed by atoms with Crippen LogP contribution >= 0.6 is 22.9 Å². The fourth-order valence-electron chi connectivity index (χ4n) is 3.20. The molecule has 144 valence electrons. The number of fused-ring (bicyclic) bond motifs is 1. The maximum absolute atomic E-state index is 12.1. The third-order valence-electron chi connectivity index (χ3n) is 4.56. The van der Waals surface area contributed by atoms with Crippen LogP contribution < -0.4 is 20.5 Å². The number of amides is 1. The lowest BCUT2D eigenvalue weighted by molar-refractivity contribution is -0.116. The van der Waals surface area contributed by atoms with E-state index < -0.39 is 0 Å². The molecule has 0 unspecified atom stereocenters. The average Bonchev–Trinajstić information content (AvgIpc) is 3.06. The molecule has 1 atom stereocenters. The molecule has 4 rings (SSSR count). The molecule has 0 spiro atoms. The van der Waals surface area contributed by atoms with Crippen LogP contribution in [0.4, 0.5) is 10.9 Å². The molecule has 0 radical (unpaired) electrons. The fourth-order valence-corrected chi connectivity index (χ4v) is 4.31. The molecule has 2 heterocycles. The zero-order chi connectivity index (χ0) is 19.7. The molecule has 2 aromatic carbocycles. The maximum atomic E-state index is 12.1. The van der Waals surface area contributed by atoms with Gasteiger partial charge in [0.15, 0.2) is 16.6 Å². The number of nitrogens with two attached hydrogens (primary N) is 1. The number of hydrogen-bond donors (Lipinski definition) is 2. The molecule has 0 bridgehead atoms. The summed E-state index contributed by atoms with van der Waals surface area (Å²) in [6.45, 7) is 0.309. The Balaban J connectivity index is 1.65. The Labute approximate surface area is 171 Å². The summed E-state index contributed by atoms with van der Waals surface area (Å²) in [5.41, 5.74) is 7.67. The van der Waals surface area contributed by atoms with Crippen LogP contribution in [0.25, 0.3) is 0 Å². The van der Waals surface area contributed by atoms with E-state index in [1.165, 1.54) is 11.3 Å². The van der Waals surface area contributed by atoms with Gasteiger partial charge in [0.1, 0.15) is 12.4 Å². The third-order valence-corrected chi connectivity index (χ3v) is 5.93. The predicted octanol–water partition coefficient (Wildman–Crippen LogP) is 4.44. The molecule has 1 aliphatic rings. The summed E-state index contributed by atoms with van der Waals surface area (Å²) in [5, 5.41) is 3.86. The molecular formula is C20H18ClN3O3S. The number of nitrogens with zero attached hydrogens (tertiary/aromatic N) is 1.